The zero-order valence-electron chi connectivity index (χ0n) is 13.5. The Morgan fingerprint density at radius 1 is 1.32 bits per heavy atom. The number of pyridine rings is 1. The van der Waals surface area contributed by atoms with E-state index in [0.29, 0.717) is 17.8 Å². The molecule has 1 aliphatic rings. The van der Waals surface area contributed by atoms with Crippen LogP contribution in [0.2, 0.25) is 0 Å². The molecular formula is C17H24N4O. The molecule has 0 aromatic carbocycles. The van der Waals surface area contributed by atoms with Crippen molar-refractivity contribution in [1.29, 1.82) is 0 Å². The molecule has 1 aliphatic heterocycles. The van der Waals surface area contributed by atoms with Crippen molar-refractivity contribution in [3.63, 3.8) is 0 Å². The second-order valence-corrected chi connectivity index (χ2v) is 6.39. The fraction of sp³-hybridized carbons (Fsp3) is 0.529. The number of fused-ring (bicyclic) bond motifs is 1. The summed E-state index contributed by atoms with van der Waals surface area (Å²) in [6, 6.07) is 6.61. The third kappa shape index (κ3) is 2.86. The Labute approximate surface area is 131 Å². The molecule has 0 unspecified atom stereocenters. The van der Waals surface area contributed by atoms with Crippen molar-refractivity contribution >= 4 is 16.9 Å². The van der Waals surface area contributed by atoms with Gasteiger partial charge in [0.1, 0.15) is 11.3 Å². The van der Waals surface area contributed by atoms with Crippen LogP contribution in [0.4, 0.5) is 0 Å². The maximum atomic E-state index is 12.7. The second kappa shape index (κ2) is 6.08. The van der Waals surface area contributed by atoms with E-state index in [4.69, 9.17) is 0 Å². The molecule has 0 spiro atoms. The van der Waals surface area contributed by atoms with E-state index in [2.05, 4.69) is 28.7 Å². The molecule has 0 bridgehead atoms. The molecule has 1 N–H and O–H groups in total. The predicted molar refractivity (Wildman–Crippen MR) is 87.9 cm³/mol. The lowest BCUT2D eigenvalue weighted by Gasteiger charge is -2.38. The number of nitrogens with zero attached hydrogens (tertiary/aromatic N) is 3. The fourth-order valence-corrected chi connectivity index (χ4v) is 3.19. The molecule has 2 aromatic rings. The van der Waals surface area contributed by atoms with E-state index in [9.17, 15) is 4.79 Å². The number of aromatic amines is 1. The van der Waals surface area contributed by atoms with Crippen molar-refractivity contribution in [2.75, 3.05) is 20.1 Å². The van der Waals surface area contributed by atoms with Gasteiger partial charge in [0.15, 0.2) is 0 Å². The Bertz CT molecular complexity index is 655. The van der Waals surface area contributed by atoms with Gasteiger partial charge < -0.3 is 14.8 Å². The molecule has 0 atom stereocenters. The average molecular weight is 300 g/mol. The highest BCUT2D eigenvalue weighted by molar-refractivity contribution is 5.94. The van der Waals surface area contributed by atoms with Gasteiger partial charge in [0.2, 0.25) is 0 Å². The van der Waals surface area contributed by atoms with Crippen LogP contribution >= 0.6 is 0 Å². The van der Waals surface area contributed by atoms with Crippen LogP contribution in [-0.4, -0.2) is 57.9 Å². The van der Waals surface area contributed by atoms with Gasteiger partial charge in [0, 0.05) is 43.8 Å². The van der Waals surface area contributed by atoms with Crippen LogP contribution in [0.3, 0.4) is 0 Å². The minimum Gasteiger partial charge on any atom is -0.346 e. The molecule has 118 valence electrons. The summed E-state index contributed by atoms with van der Waals surface area (Å²) in [5, 5.41) is 1.03. The van der Waals surface area contributed by atoms with Gasteiger partial charge in [-0.25, -0.2) is 4.98 Å². The quantitative estimate of drug-likeness (QED) is 0.947. The summed E-state index contributed by atoms with van der Waals surface area (Å²) < 4.78 is 0. The Balaban J connectivity index is 1.69. The summed E-state index contributed by atoms with van der Waals surface area (Å²) in [6.45, 7) is 6.57. The van der Waals surface area contributed by atoms with Crippen molar-refractivity contribution < 1.29 is 4.79 Å². The Kier molecular flexibility index (Phi) is 4.16. The first-order valence-corrected chi connectivity index (χ1v) is 8.01. The topological polar surface area (TPSA) is 52.2 Å². The molecule has 0 radical (unpaired) electrons. The lowest BCUT2D eigenvalue weighted by Crippen LogP contribution is -2.47. The number of hydrogen-bond donors (Lipinski definition) is 1. The van der Waals surface area contributed by atoms with Gasteiger partial charge in [-0.15, -0.1) is 0 Å². The Morgan fingerprint density at radius 3 is 2.73 bits per heavy atom. The standard InChI is InChI=1S/C17H24N4O/c1-12(2)21-10-7-14(8-11-21)20(3)17(22)15-5-4-13-6-9-18-16(13)19-15/h4-6,9,12,14H,7-8,10-11H2,1-3H3,(H,18,19). The van der Waals surface area contributed by atoms with E-state index in [1.165, 1.54) is 0 Å². The van der Waals surface area contributed by atoms with Crippen molar-refractivity contribution in [3.8, 4) is 0 Å². The number of H-pyrrole nitrogens is 1. The maximum Gasteiger partial charge on any atom is 0.272 e. The van der Waals surface area contributed by atoms with E-state index >= 15 is 0 Å². The average Bonchev–Trinajstić information content (AvgIpc) is 3.01. The summed E-state index contributed by atoms with van der Waals surface area (Å²) in [6.07, 6.45) is 3.91. The smallest absolute Gasteiger partial charge is 0.272 e. The summed E-state index contributed by atoms with van der Waals surface area (Å²) in [4.78, 5) is 24.5. The Hall–Kier alpha value is -1.88. The van der Waals surface area contributed by atoms with Gasteiger partial charge >= 0.3 is 0 Å². The van der Waals surface area contributed by atoms with E-state index in [-0.39, 0.29) is 5.91 Å². The van der Waals surface area contributed by atoms with Crippen LogP contribution in [-0.2, 0) is 0 Å². The molecule has 1 amide bonds. The summed E-state index contributed by atoms with van der Waals surface area (Å²) in [5.41, 5.74) is 1.29. The third-order valence-electron chi connectivity index (χ3n) is 4.73. The predicted octanol–water partition coefficient (Wildman–Crippen LogP) is 2.51. The molecule has 3 rings (SSSR count). The van der Waals surface area contributed by atoms with Gasteiger partial charge in [-0.3, -0.25) is 4.79 Å². The molecule has 2 aromatic heterocycles. The number of piperidine rings is 1. The first-order chi connectivity index (χ1) is 10.6. The molecule has 0 saturated carbocycles. The largest absolute Gasteiger partial charge is 0.346 e. The zero-order valence-corrected chi connectivity index (χ0v) is 13.5. The lowest BCUT2D eigenvalue weighted by atomic mass is 10.0. The molecule has 0 aliphatic carbocycles. The van der Waals surface area contributed by atoms with Crippen LogP contribution < -0.4 is 0 Å². The first kappa shape index (κ1) is 15.0. The number of nitrogens with one attached hydrogen (secondary N) is 1. The SMILES string of the molecule is CC(C)N1CCC(N(C)C(=O)c2ccc3cc[nH]c3n2)CC1. The van der Waals surface area contributed by atoms with Crippen molar-refractivity contribution in [2.24, 2.45) is 0 Å². The van der Waals surface area contributed by atoms with Crippen molar-refractivity contribution in [3.05, 3.63) is 30.1 Å². The van der Waals surface area contributed by atoms with Crippen molar-refractivity contribution in [1.82, 2.24) is 19.8 Å². The van der Waals surface area contributed by atoms with Gasteiger partial charge in [-0.2, -0.15) is 0 Å². The molecule has 3 heterocycles. The summed E-state index contributed by atoms with van der Waals surface area (Å²) >= 11 is 0. The lowest BCUT2D eigenvalue weighted by molar-refractivity contribution is 0.0610. The normalized spacial score (nSPS) is 17.3. The van der Waals surface area contributed by atoms with Crippen molar-refractivity contribution in [2.45, 2.75) is 38.8 Å². The van der Waals surface area contributed by atoms with Crippen LogP contribution in [0.15, 0.2) is 24.4 Å². The highest BCUT2D eigenvalue weighted by Gasteiger charge is 2.27. The zero-order chi connectivity index (χ0) is 15.7. The third-order valence-corrected chi connectivity index (χ3v) is 4.73. The van der Waals surface area contributed by atoms with Crippen LogP contribution in [0, 0.1) is 0 Å². The maximum absolute atomic E-state index is 12.7. The minimum atomic E-state index is 0.0134. The van der Waals surface area contributed by atoms with Gasteiger partial charge in [0.05, 0.1) is 0 Å². The minimum absolute atomic E-state index is 0.0134. The molecule has 5 heteroatoms. The van der Waals surface area contributed by atoms with E-state index < -0.39 is 0 Å². The fourth-order valence-electron chi connectivity index (χ4n) is 3.19. The number of aromatic nitrogens is 2. The van der Waals surface area contributed by atoms with Gasteiger partial charge in [0.25, 0.3) is 5.91 Å². The summed E-state index contributed by atoms with van der Waals surface area (Å²) in [7, 11) is 1.90. The highest BCUT2D eigenvalue weighted by Crippen LogP contribution is 2.19. The molecule has 5 nitrogen and oxygen atoms in total. The van der Waals surface area contributed by atoms with Crippen LogP contribution in [0.25, 0.3) is 11.0 Å². The van der Waals surface area contributed by atoms with E-state index in [0.717, 1.165) is 37.0 Å². The molecule has 22 heavy (non-hydrogen) atoms. The van der Waals surface area contributed by atoms with Crippen LogP contribution in [0.5, 0.6) is 0 Å². The second-order valence-electron chi connectivity index (χ2n) is 6.39. The summed E-state index contributed by atoms with van der Waals surface area (Å²) in [5.74, 6) is 0.0134. The van der Waals surface area contributed by atoms with Crippen LogP contribution in [0.1, 0.15) is 37.2 Å². The monoisotopic (exact) mass is 300 g/mol. The van der Waals surface area contributed by atoms with E-state index in [1.807, 2.05) is 36.3 Å². The molecular weight excluding hydrogens is 276 g/mol. The van der Waals surface area contributed by atoms with Gasteiger partial charge in [-0.05, 0) is 44.9 Å². The van der Waals surface area contributed by atoms with E-state index in [1.54, 1.807) is 0 Å². The first-order valence-electron chi connectivity index (χ1n) is 8.01. The number of hydrogen-bond acceptors (Lipinski definition) is 3. The number of carbonyl (C=O) groups excluding carboxylic acids is 1. The van der Waals surface area contributed by atoms with Gasteiger partial charge in [-0.1, -0.05) is 0 Å². The molecule has 1 fully saturated rings. The highest BCUT2D eigenvalue weighted by atomic mass is 16.2. The number of rotatable bonds is 3. The number of likely N-dealkylation sites (tertiary alicyclic amines) is 1. The molecule has 1 saturated heterocycles. The number of carbonyl (C=O) groups is 1. The number of amides is 1. The Morgan fingerprint density at radius 2 is 2.05 bits per heavy atom.